The smallest absolute Gasteiger partial charge is 0.284 e. The molecule has 0 aromatic heterocycles. The minimum atomic E-state index is -5.34. The van der Waals surface area contributed by atoms with Crippen LogP contribution in [0.25, 0.3) is 0 Å². The first-order valence-corrected chi connectivity index (χ1v) is 4.81. The minimum absolute atomic E-state index is 0.0662. The van der Waals surface area contributed by atoms with Crippen LogP contribution < -0.4 is 0 Å². The molecule has 0 unspecified atom stereocenters. The van der Waals surface area contributed by atoms with Gasteiger partial charge in [0.15, 0.2) is 0 Å². The Morgan fingerprint density at radius 3 is 2.00 bits per heavy atom. The summed E-state index contributed by atoms with van der Waals surface area (Å²) in [5.74, 6) is -2.52. The molecular formula is C9H3BrF6O. The summed E-state index contributed by atoms with van der Waals surface area (Å²) in [6.45, 7) is 0. The maximum absolute atomic E-state index is 12.4. The van der Waals surface area contributed by atoms with Gasteiger partial charge in [0.2, 0.25) is 0 Å². The highest BCUT2D eigenvalue weighted by Crippen LogP contribution is 2.36. The normalized spacial score (nSPS) is 12.6. The first-order chi connectivity index (χ1) is 7.53. The zero-order valence-corrected chi connectivity index (χ0v) is 9.37. The summed E-state index contributed by atoms with van der Waals surface area (Å²) in [7, 11) is 0. The zero-order chi connectivity index (χ0) is 13.4. The van der Waals surface area contributed by atoms with Gasteiger partial charge in [-0.2, -0.15) is 26.3 Å². The Bertz CT molecular complexity index is 448. The summed E-state index contributed by atoms with van der Waals surface area (Å²) in [6, 6.07) is 1.86. The number of ketones is 1. The standard InChI is InChI=1S/C9H3BrF6O/c10-4-1-2-5(7(17)9(14,15)16)6(3-4)8(11,12)13/h1-3H. The lowest BCUT2D eigenvalue weighted by Gasteiger charge is -2.13. The van der Waals surface area contributed by atoms with Crippen molar-refractivity contribution >= 4 is 21.7 Å². The lowest BCUT2D eigenvalue weighted by molar-refractivity contribution is -0.138. The van der Waals surface area contributed by atoms with E-state index in [4.69, 9.17) is 0 Å². The second-order valence-electron chi connectivity index (χ2n) is 3.01. The molecule has 94 valence electrons. The molecule has 0 aliphatic heterocycles. The third-order valence-corrected chi connectivity index (χ3v) is 2.28. The van der Waals surface area contributed by atoms with Crippen LogP contribution in [-0.2, 0) is 6.18 Å². The average Bonchev–Trinajstić information content (AvgIpc) is 2.14. The van der Waals surface area contributed by atoms with Gasteiger partial charge in [0.25, 0.3) is 5.78 Å². The van der Waals surface area contributed by atoms with E-state index in [2.05, 4.69) is 15.9 Å². The van der Waals surface area contributed by atoms with Crippen molar-refractivity contribution in [3.8, 4) is 0 Å². The molecule has 0 aliphatic rings. The predicted octanol–water partition coefficient (Wildman–Crippen LogP) is 4.21. The molecule has 0 bridgehead atoms. The Balaban J connectivity index is 3.40. The Morgan fingerprint density at radius 2 is 1.59 bits per heavy atom. The summed E-state index contributed by atoms with van der Waals surface area (Å²) >= 11 is 2.70. The highest BCUT2D eigenvalue weighted by atomic mass is 79.9. The molecule has 1 aromatic carbocycles. The molecule has 0 aliphatic carbocycles. The van der Waals surface area contributed by atoms with Crippen LogP contribution in [0.1, 0.15) is 15.9 Å². The fourth-order valence-electron chi connectivity index (χ4n) is 1.10. The van der Waals surface area contributed by atoms with Gasteiger partial charge in [-0.15, -0.1) is 0 Å². The molecule has 1 aromatic rings. The van der Waals surface area contributed by atoms with E-state index < -0.39 is 29.3 Å². The van der Waals surface area contributed by atoms with Crippen LogP contribution in [0.15, 0.2) is 22.7 Å². The highest BCUT2D eigenvalue weighted by molar-refractivity contribution is 9.10. The topological polar surface area (TPSA) is 17.1 Å². The Hall–Kier alpha value is -1.05. The van der Waals surface area contributed by atoms with E-state index in [9.17, 15) is 31.1 Å². The maximum atomic E-state index is 12.4. The van der Waals surface area contributed by atoms with Crippen LogP contribution >= 0.6 is 15.9 Å². The minimum Gasteiger partial charge on any atom is -0.284 e. The molecule has 17 heavy (non-hydrogen) atoms. The van der Waals surface area contributed by atoms with Gasteiger partial charge in [0.1, 0.15) is 0 Å². The highest BCUT2D eigenvalue weighted by Gasteiger charge is 2.44. The average molecular weight is 321 g/mol. The Kier molecular flexibility index (Phi) is 3.56. The molecule has 1 rings (SSSR count). The van der Waals surface area contributed by atoms with Crippen molar-refractivity contribution in [1.29, 1.82) is 0 Å². The van der Waals surface area contributed by atoms with E-state index in [0.29, 0.717) is 12.1 Å². The molecular weight excluding hydrogens is 318 g/mol. The fourth-order valence-corrected chi connectivity index (χ4v) is 1.46. The Morgan fingerprint density at radius 1 is 1.06 bits per heavy atom. The summed E-state index contributed by atoms with van der Waals surface area (Å²) in [4.78, 5) is 10.8. The lowest BCUT2D eigenvalue weighted by Crippen LogP contribution is -2.26. The number of Topliss-reactive ketones (excluding diaryl/α,β-unsaturated/α-hetero) is 1. The van der Waals surface area contributed by atoms with Crippen molar-refractivity contribution in [1.82, 2.24) is 0 Å². The van der Waals surface area contributed by atoms with Crippen LogP contribution in [0, 0.1) is 0 Å². The number of carbonyl (C=O) groups excluding carboxylic acids is 1. The molecule has 0 N–H and O–H groups in total. The number of halogens is 7. The number of alkyl halides is 6. The van der Waals surface area contributed by atoms with E-state index in [1.54, 1.807) is 0 Å². The van der Waals surface area contributed by atoms with E-state index in [1.807, 2.05) is 0 Å². The SMILES string of the molecule is O=C(c1ccc(Br)cc1C(F)(F)F)C(F)(F)F. The molecule has 1 nitrogen and oxygen atoms in total. The number of hydrogen-bond donors (Lipinski definition) is 0. The van der Waals surface area contributed by atoms with Crippen LogP contribution in [0.2, 0.25) is 0 Å². The lowest BCUT2D eigenvalue weighted by atomic mass is 10.0. The van der Waals surface area contributed by atoms with Crippen molar-refractivity contribution in [2.24, 2.45) is 0 Å². The molecule has 0 spiro atoms. The number of rotatable bonds is 1. The van der Waals surface area contributed by atoms with Crippen molar-refractivity contribution in [2.75, 3.05) is 0 Å². The number of carbonyl (C=O) groups is 1. The van der Waals surface area contributed by atoms with E-state index in [-0.39, 0.29) is 4.47 Å². The van der Waals surface area contributed by atoms with Gasteiger partial charge in [0.05, 0.1) is 5.56 Å². The van der Waals surface area contributed by atoms with Gasteiger partial charge >= 0.3 is 12.4 Å². The van der Waals surface area contributed by atoms with E-state index in [0.717, 1.165) is 6.07 Å². The molecule has 0 saturated heterocycles. The van der Waals surface area contributed by atoms with Crippen LogP contribution in [0.5, 0.6) is 0 Å². The molecule has 8 heteroatoms. The molecule has 0 atom stereocenters. The first kappa shape index (κ1) is 14.0. The van der Waals surface area contributed by atoms with E-state index >= 15 is 0 Å². The van der Waals surface area contributed by atoms with Gasteiger partial charge in [-0.25, -0.2) is 0 Å². The summed E-state index contributed by atoms with van der Waals surface area (Å²) in [6.07, 6.45) is -10.4. The summed E-state index contributed by atoms with van der Waals surface area (Å²) < 4.78 is 73.5. The third kappa shape index (κ3) is 3.21. The van der Waals surface area contributed by atoms with Crippen LogP contribution in [0.4, 0.5) is 26.3 Å². The third-order valence-electron chi connectivity index (χ3n) is 1.79. The van der Waals surface area contributed by atoms with Gasteiger partial charge in [-0.1, -0.05) is 15.9 Å². The van der Waals surface area contributed by atoms with E-state index in [1.165, 1.54) is 0 Å². The van der Waals surface area contributed by atoms with Crippen LogP contribution in [0.3, 0.4) is 0 Å². The maximum Gasteiger partial charge on any atom is 0.454 e. The number of benzene rings is 1. The molecule has 0 heterocycles. The van der Waals surface area contributed by atoms with Crippen molar-refractivity contribution in [2.45, 2.75) is 12.4 Å². The fraction of sp³-hybridized carbons (Fsp3) is 0.222. The molecule has 0 radical (unpaired) electrons. The van der Waals surface area contributed by atoms with Gasteiger partial charge < -0.3 is 0 Å². The van der Waals surface area contributed by atoms with Crippen molar-refractivity contribution < 1.29 is 31.1 Å². The van der Waals surface area contributed by atoms with Gasteiger partial charge in [-0.3, -0.25) is 4.79 Å². The first-order valence-electron chi connectivity index (χ1n) is 4.02. The van der Waals surface area contributed by atoms with Gasteiger partial charge in [0, 0.05) is 10.0 Å². The second-order valence-corrected chi connectivity index (χ2v) is 3.93. The molecule has 0 fully saturated rings. The molecule has 0 saturated carbocycles. The predicted molar refractivity (Wildman–Crippen MR) is 49.5 cm³/mol. The van der Waals surface area contributed by atoms with Crippen LogP contribution in [-0.4, -0.2) is 12.0 Å². The Labute approximate surface area is 99.5 Å². The second kappa shape index (κ2) is 4.32. The number of hydrogen-bond acceptors (Lipinski definition) is 1. The summed E-state index contributed by atoms with van der Waals surface area (Å²) in [5, 5.41) is 0. The van der Waals surface area contributed by atoms with Crippen molar-refractivity contribution in [3.63, 3.8) is 0 Å². The van der Waals surface area contributed by atoms with Crippen molar-refractivity contribution in [3.05, 3.63) is 33.8 Å². The quantitative estimate of drug-likeness (QED) is 0.559. The zero-order valence-electron chi connectivity index (χ0n) is 7.79. The summed E-state index contributed by atoms with van der Waals surface area (Å²) in [5.41, 5.74) is -3.03. The molecule has 0 amide bonds. The monoisotopic (exact) mass is 320 g/mol. The largest absolute Gasteiger partial charge is 0.454 e. The van der Waals surface area contributed by atoms with Gasteiger partial charge in [-0.05, 0) is 18.2 Å².